The van der Waals surface area contributed by atoms with E-state index in [0.29, 0.717) is 34.7 Å². The lowest BCUT2D eigenvalue weighted by atomic mass is 9.48. The second-order valence-electron chi connectivity index (χ2n) is 8.43. The molecular formula is C20H24ClNO5. The number of esters is 1. The molecule has 0 spiro atoms. The number of rotatable bonds is 5. The maximum atomic E-state index is 12.8. The molecule has 4 aliphatic carbocycles. The Morgan fingerprint density at radius 1 is 1.26 bits per heavy atom. The molecule has 4 aliphatic rings. The molecule has 6 nitrogen and oxygen atoms in total. The topological polar surface area (TPSA) is 84.9 Å². The average molecular weight is 394 g/mol. The maximum Gasteiger partial charge on any atom is 0.312 e. The molecule has 1 amide bonds. The van der Waals surface area contributed by atoms with E-state index < -0.39 is 16.9 Å². The summed E-state index contributed by atoms with van der Waals surface area (Å²) in [5.74, 6) is 0.430. The molecular weight excluding hydrogens is 370 g/mol. The quantitative estimate of drug-likeness (QED) is 0.750. The summed E-state index contributed by atoms with van der Waals surface area (Å²) in [5.41, 5.74) is -0.943. The lowest BCUT2D eigenvalue weighted by Gasteiger charge is -2.58. The largest absolute Gasteiger partial charge is 0.495 e. The van der Waals surface area contributed by atoms with Crippen LogP contribution in [-0.2, 0) is 14.3 Å². The molecule has 5 rings (SSSR count). The predicted octanol–water partition coefficient (Wildman–Crippen LogP) is 3.16. The van der Waals surface area contributed by atoms with Crippen LogP contribution >= 0.6 is 11.6 Å². The Bertz CT molecular complexity index is 766. The van der Waals surface area contributed by atoms with E-state index in [4.69, 9.17) is 21.1 Å². The van der Waals surface area contributed by atoms with Gasteiger partial charge in [0.1, 0.15) is 5.75 Å². The SMILES string of the molecule is COc1ccc(Cl)cc1NC(=O)COC(=O)C12CC3CC(CC(O)(C3)C1)C2. The standard InChI is InChI=1S/C20H24ClNO5/c1-26-16-3-2-14(21)5-15(16)22-17(23)10-27-18(24)19-6-12-4-13(7-19)9-20(25,8-12)11-19/h2-3,5,12-13,25H,4,6-11H2,1H3,(H,22,23). The Hall–Kier alpha value is -1.79. The summed E-state index contributed by atoms with van der Waals surface area (Å²) in [6.45, 7) is -0.371. The lowest BCUT2D eigenvalue weighted by Crippen LogP contribution is -2.58. The van der Waals surface area contributed by atoms with Gasteiger partial charge in [0.25, 0.3) is 5.91 Å². The second-order valence-corrected chi connectivity index (χ2v) is 8.87. The molecule has 4 fully saturated rings. The van der Waals surface area contributed by atoms with Crippen molar-refractivity contribution < 1.29 is 24.2 Å². The first-order valence-corrected chi connectivity index (χ1v) is 9.72. The van der Waals surface area contributed by atoms with Gasteiger partial charge in [-0.25, -0.2) is 0 Å². The van der Waals surface area contributed by atoms with Gasteiger partial charge in [0.2, 0.25) is 0 Å². The molecule has 27 heavy (non-hydrogen) atoms. The summed E-state index contributed by atoms with van der Waals surface area (Å²) in [4.78, 5) is 25.1. The minimum Gasteiger partial charge on any atom is -0.495 e. The molecule has 2 atom stereocenters. The fraction of sp³-hybridized carbons (Fsp3) is 0.600. The van der Waals surface area contributed by atoms with Crippen molar-refractivity contribution in [2.45, 2.75) is 44.1 Å². The van der Waals surface area contributed by atoms with Crippen molar-refractivity contribution in [3.8, 4) is 5.75 Å². The summed E-state index contributed by atoms with van der Waals surface area (Å²) in [7, 11) is 1.50. The number of nitrogens with one attached hydrogen (secondary N) is 1. The van der Waals surface area contributed by atoms with E-state index in [9.17, 15) is 14.7 Å². The van der Waals surface area contributed by atoms with Crippen molar-refractivity contribution in [3.05, 3.63) is 23.2 Å². The number of anilines is 1. The second kappa shape index (κ2) is 6.67. The third kappa shape index (κ3) is 3.52. The van der Waals surface area contributed by atoms with Crippen LogP contribution in [0.1, 0.15) is 38.5 Å². The molecule has 1 aromatic rings. The van der Waals surface area contributed by atoms with Crippen LogP contribution in [0, 0.1) is 17.3 Å². The smallest absolute Gasteiger partial charge is 0.312 e. The van der Waals surface area contributed by atoms with Crippen molar-refractivity contribution in [3.63, 3.8) is 0 Å². The molecule has 0 heterocycles. The van der Waals surface area contributed by atoms with Crippen molar-refractivity contribution in [1.29, 1.82) is 0 Å². The molecule has 4 saturated carbocycles. The Morgan fingerprint density at radius 3 is 2.59 bits per heavy atom. The van der Waals surface area contributed by atoms with Crippen LogP contribution in [0.5, 0.6) is 5.75 Å². The number of ether oxygens (including phenoxy) is 2. The zero-order chi connectivity index (χ0) is 19.2. The summed E-state index contributed by atoms with van der Waals surface area (Å²) < 4.78 is 10.6. The highest BCUT2D eigenvalue weighted by molar-refractivity contribution is 6.31. The Balaban J connectivity index is 1.38. The fourth-order valence-corrected chi connectivity index (χ4v) is 5.87. The number of benzene rings is 1. The van der Waals surface area contributed by atoms with Crippen molar-refractivity contribution in [2.24, 2.45) is 17.3 Å². The molecule has 0 aliphatic heterocycles. The van der Waals surface area contributed by atoms with Gasteiger partial charge >= 0.3 is 5.97 Å². The normalized spacial score (nSPS) is 33.6. The van der Waals surface area contributed by atoms with Gasteiger partial charge in [-0.3, -0.25) is 9.59 Å². The van der Waals surface area contributed by atoms with E-state index in [1.54, 1.807) is 18.2 Å². The first-order chi connectivity index (χ1) is 12.8. The highest BCUT2D eigenvalue weighted by Crippen LogP contribution is 2.61. The van der Waals surface area contributed by atoms with E-state index in [0.717, 1.165) is 32.1 Å². The van der Waals surface area contributed by atoms with Crippen LogP contribution in [0.2, 0.25) is 5.02 Å². The Kier molecular flexibility index (Phi) is 4.59. The van der Waals surface area contributed by atoms with E-state index in [1.165, 1.54) is 7.11 Å². The Labute approximate surface area is 163 Å². The number of hydrogen-bond acceptors (Lipinski definition) is 5. The van der Waals surface area contributed by atoms with Gasteiger partial charge in [-0.05, 0) is 68.6 Å². The molecule has 4 bridgehead atoms. The van der Waals surface area contributed by atoms with Crippen LogP contribution in [0.3, 0.4) is 0 Å². The number of methoxy groups -OCH3 is 1. The van der Waals surface area contributed by atoms with Crippen molar-refractivity contribution in [2.75, 3.05) is 19.0 Å². The van der Waals surface area contributed by atoms with E-state index in [-0.39, 0.29) is 12.6 Å². The average Bonchev–Trinajstić information content (AvgIpc) is 2.57. The van der Waals surface area contributed by atoms with Crippen LogP contribution < -0.4 is 10.1 Å². The minimum atomic E-state index is -0.737. The Morgan fingerprint density at radius 2 is 1.96 bits per heavy atom. The maximum absolute atomic E-state index is 12.8. The van der Waals surface area contributed by atoms with E-state index in [1.807, 2.05) is 0 Å². The number of carbonyl (C=O) groups is 2. The van der Waals surface area contributed by atoms with Crippen LogP contribution in [0.4, 0.5) is 5.69 Å². The zero-order valence-corrected chi connectivity index (χ0v) is 16.1. The first kappa shape index (κ1) is 18.6. The first-order valence-electron chi connectivity index (χ1n) is 9.34. The molecule has 146 valence electrons. The number of aliphatic hydroxyl groups is 1. The molecule has 0 aromatic heterocycles. The predicted molar refractivity (Wildman–Crippen MR) is 99.7 cm³/mol. The summed E-state index contributed by atoms with van der Waals surface area (Å²) in [6, 6.07) is 4.89. The molecule has 7 heteroatoms. The molecule has 2 N–H and O–H groups in total. The highest BCUT2D eigenvalue weighted by Gasteiger charge is 2.60. The summed E-state index contributed by atoms with van der Waals surface area (Å²) in [5, 5.41) is 13.9. The van der Waals surface area contributed by atoms with Crippen molar-refractivity contribution in [1.82, 2.24) is 0 Å². The van der Waals surface area contributed by atoms with Gasteiger partial charge < -0.3 is 19.9 Å². The zero-order valence-electron chi connectivity index (χ0n) is 15.3. The van der Waals surface area contributed by atoms with Gasteiger partial charge in [-0.15, -0.1) is 0 Å². The number of carbonyl (C=O) groups excluding carboxylic acids is 2. The van der Waals surface area contributed by atoms with Crippen LogP contribution in [-0.4, -0.2) is 36.3 Å². The van der Waals surface area contributed by atoms with E-state index in [2.05, 4.69) is 5.32 Å². The van der Waals surface area contributed by atoms with Gasteiger partial charge in [0.15, 0.2) is 6.61 Å². The van der Waals surface area contributed by atoms with Gasteiger partial charge in [-0.1, -0.05) is 11.6 Å². The third-order valence-corrected chi connectivity index (χ3v) is 6.47. The molecule has 0 radical (unpaired) electrons. The molecule has 1 aromatic carbocycles. The van der Waals surface area contributed by atoms with Gasteiger partial charge in [-0.2, -0.15) is 0 Å². The van der Waals surface area contributed by atoms with Crippen LogP contribution in [0.15, 0.2) is 18.2 Å². The number of halogens is 1. The fourth-order valence-electron chi connectivity index (χ4n) is 5.70. The van der Waals surface area contributed by atoms with E-state index >= 15 is 0 Å². The highest BCUT2D eigenvalue weighted by atomic mass is 35.5. The summed E-state index contributed by atoms with van der Waals surface area (Å²) >= 11 is 5.96. The van der Waals surface area contributed by atoms with Gasteiger partial charge in [0.05, 0.1) is 23.8 Å². The van der Waals surface area contributed by atoms with Crippen LogP contribution in [0.25, 0.3) is 0 Å². The lowest BCUT2D eigenvalue weighted by molar-refractivity contribution is -0.196. The summed E-state index contributed by atoms with van der Waals surface area (Å²) in [6.07, 6.45) is 4.63. The van der Waals surface area contributed by atoms with Gasteiger partial charge in [0, 0.05) is 5.02 Å². The molecule has 2 unspecified atom stereocenters. The third-order valence-electron chi connectivity index (χ3n) is 6.23. The number of amides is 1. The van der Waals surface area contributed by atoms with Crippen molar-refractivity contribution >= 4 is 29.2 Å². The monoisotopic (exact) mass is 393 g/mol. The minimum absolute atomic E-state index is 0.358. The molecule has 0 saturated heterocycles. The number of hydrogen-bond donors (Lipinski definition) is 2.